The number of aromatic hydroxyl groups is 1. The average Bonchev–Trinajstić information content (AvgIpc) is 2.57. The van der Waals surface area contributed by atoms with Crippen molar-refractivity contribution in [3.8, 4) is 5.75 Å². The number of carbonyl (C=O) groups excluding carboxylic acids is 2. The molecule has 1 aliphatic rings. The Bertz CT molecular complexity index is 858. The molecule has 24 heavy (non-hydrogen) atoms. The predicted octanol–water partition coefficient (Wildman–Crippen LogP) is 2.80. The van der Waals surface area contributed by atoms with Gasteiger partial charge < -0.3 is 10.4 Å². The minimum absolute atomic E-state index is 0.139. The van der Waals surface area contributed by atoms with Gasteiger partial charge in [-0.1, -0.05) is 0 Å². The van der Waals surface area contributed by atoms with Crippen LogP contribution < -0.4 is 5.32 Å². The van der Waals surface area contributed by atoms with Gasteiger partial charge in [0.2, 0.25) is 5.78 Å². The zero-order valence-corrected chi connectivity index (χ0v) is 15.4. The number of carbonyl (C=O) groups is 2. The van der Waals surface area contributed by atoms with Gasteiger partial charge in [0, 0.05) is 12.6 Å². The molecule has 2 aromatic rings. The summed E-state index contributed by atoms with van der Waals surface area (Å²) in [5.74, 6) is -0.398. The van der Waals surface area contributed by atoms with E-state index in [1.807, 2.05) is 0 Å². The summed E-state index contributed by atoms with van der Waals surface area (Å²) in [4.78, 5) is 24.4. The van der Waals surface area contributed by atoms with Crippen molar-refractivity contribution < 1.29 is 14.7 Å². The first-order valence-corrected chi connectivity index (χ1v) is 8.58. The monoisotopic (exact) mass is 451 g/mol. The normalized spacial score (nSPS) is 13.5. The van der Waals surface area contributed by atoms with Crippen LogP contribution in [0.15, 0.2) is 45.2 Å². The molecule has 0 fully saturated rings. The maximum Gasteiger partial charge on any atom is 0.211 e. The summed E-state index contributed by atoms with van der Waals surface area (Å²) in [5.41, 5.74) is 1.74. The molecule has 1 aromatic heterocycles. The van der Waals surface area contributed by atoms with Gasteiger partial charge in [0.1, 0.15) is 5.75 Å². The average molecular weight is 453 g/mol. The molecule has 1 aliphatic carbocycles. The predicted molar refractivity (Wildman–Crippen MR) is 94.0 cm³/mol. The molecule has 6 nitrogen and oxygen atoms in total. The number of nitrogens with one attached hydrogen (secondary N) is 1. The number of ketones is 2. The Balaban J connectivity index is 1.70. The summed E-state index contributed by atoms with van der Waals surface area (Å²) in [6.07, 6.45) is 4.50. The maximum absolute atomic E-state index is 12.4. The third-order valence-corrected chi connectivity index (χ3v) is 4.78. The Morgan fingerprint density at radius 2 is 1.67 bits per heavy atom. The first-order chi connectivity index (χ1) is 11.5. The van der Waals surface area contributed by atoms with Crippen LogP contribution in [0.5, 0.6) is 5.75 Å². The molecule has 2 N–H and O–H groups in total. The maximum atomic E-state index is 12.4. The number of phenolic OH excluding ortho intramolecular Hbond substituents is 1. The quantitative estimate of drug-likeness (QED) is 0.740. The molecule has 3 rings (SSSR count). The standard InChI is InChI=1S/C16H11Br2N3O3/c17-11-3-8(4-12(18)16(11)24)1-2-19-13-5-14(22)9-6-20-21-7-10(9)15(13)23/h3-7,19,24H,1-2H2. The molecule has 0 spiro atoms. The molecule has 0 amide bonds. The van der Waals surface area contributed by atoms with Gasteiger partial charge in [-0.2, -0.15) is 10.2 Å². The number of rotatable bonds is 4. The fourth-order valence-electron chi connectivity index (χ4n) is 2.35. The summed E-state index contributed by atoms with van der Waals surface area (Å²) < 4.78 is 1.17. The van der Waals surface area contributed by atoms with Crippen molar-refractivity contribution in [2.75, 3.05) is 6.54 Å². The van der Waals surface area contributed by atoms with E-state index in [4.69, 9.17) is 0 Å². The highest BCUT2D eigenvalue weighted by Gasteiger charge is 2.25. The zero-order chi connectivity index (χ0) is 17.3. The topological polar surface area (TPSA) is 92.2 Å². The lowest BCUT2D eigenvalue weighted by Gasteiger charge is -2.15. The third-order valence-electron chi connectivity index (χ3n) is 3.57. The summed E-state index contributed by atoms with van der Waals surface area (Å²) in [6, 6.07) is 3.60. The molecule has 122 valence electrons. The molecule has 0 radical (unpaired) electrons. The number of phenols is 1. The van der Waals surface area contributed by atoms with Gasteiger partial charge in [0.15, 0.2) is 5.78 Å². The number of hydrogen-bond donors (Lipinski definition) is 2. The fraction of sp³-hybridized carbons (Fsp3) is 0.125. The minimum Gasteiger partial charge on any atom is -0.506 e. The molecular formula is C16H11Br2N3O3. The summed E-state index contributed by atoms with van der Waals surface area (Å²) in [5, 5.41) is 20.0. The number of fused-ring (bicyclic) bond motifs is 1. The second-order valence-corrected chi connectivity index (χ2v) is 6.86. The lowest BCUT2D eigenvalue weighted by molar-refractivity contribution is 0.0977. The van der Waals surface area contributed by atoms with Crippen molar-refractivity contribution in [3.05, 3.63) is 61.9 Å². The molecule has 0 saturated carbocycles. The van der Waals surface area contributed by atoms with Crippen LogP contribution in [0, 0.1) is 0 Å². The highest BCUT2D eigenvalue weighted by molar-refractivity contribution is 9.11. The Morgan fingerprint density at radius 1 is 1.04 bits per heavy atom. The van der Waals surface area contributed by atoms with Crippen molar-refractivity contribution in [1.82, 2.24) is 15.5 Å². The lowest BCUT2D eigenvalue weighted by Crippen LogP contribution is -2.28. The van der Waals surface area contributed by atoms with Gasteiger partial charge in [-0.3, -0.25) is 9.59 Å². The summed E-state index contributed by atoms with van der Waals surface area (Å²) in [7, 11) is 0. The Labute approximate surface area is 154 Å². The summed E-state index contributed by atoms with van der Waals surface area (Å²) in [6.45, 7) is 0.461. The SMILES string of the molecule is O=C1C=C(NCCc2cc(Br)c(O)c(Br)c2)C(=O)c2cnncc21. The van der Waals surface area contributed by atoms with Crippen molar-refractivity contribution in [3.63, 3.8) is 0 Å². The first-order valence-electron chi connectivity index (χ1n) is 6.99. The van der Waals surface area contributed by atoms with E-state index in [0.717, 1.165) is 5.56 Å². The molecule has 8 heteroatoms. The number of nitrogens with zero attached hydrogens (tertiary/aromatic N) is 2. The van der Waals surface area contributed by atoms with Crippen LogP contribution >= 0.6 is 31.9 Å². The zero-order valence-electron chi connectivity index (χ0n) is 12.2. The molecule has 0 saturated heterocycles. The largest absolute Gasteiger partial charge is 0.506 e. The van der Waals surface area contributed by atoms with Gasteiger partial charge in [-0.05, 0) is 56.0 Å². The molecule has 0 atom stereocenters. The van der Waals surface area contributed by atoms with E-state index in [-0.39, 0.29) is 34.1 Å². The van der Waals surface area contributed by atoms with E-state index < -0.39 is 0 Å². The number of benzene rings is 1. The Morgan fingerprint density at radius 3 is 2.33 bits per heavy atom. The van der Waals surface area contributed by atoms with Crippen LogP contribution in [0.4, 0.5) is 0 Å². The smallest absolute Gasteiger partial charge is 0.211 e. The number of halogens is 2. The molecule has 1 heterocycles. The summed E-state index contributed by atoms with van der Waals surface area (Å²) >= 11 is 6.55. The Kier molecular flexibility index (Phi) is 4.77. The first kappa shape index (κ1) is 16.8. The van der Waals surface area contributed by atoms with E-state index in [1.54, 1.807) is 12.1 Å². The van der Waals surface area contributed by atoms with Crippen molar-refractivity contribution in [1.29, 1.82) is 0 Å². The van der Waals surface area contributed by atoms with Crippen LogP contribution in [0.3, 0.4) is 0 Å². The Hall–Kier alpha value is -2.06. The number of allylic oxidation sites excluding steroid dienone is 2. The second-order valence-electron chi connectivity index (χ2n) is 5.15. The van der Waals surface area contributed by atoms with Crippen molar-refractivity contribution in [2.24, 2.45) is 0 Å². The van der Waals surface area contributed by atoms with Crippen molar-refractivity contribution >= 4 is 43.4 Å². The van der Waals surface area contributed by atoms with E-state index >= 15 is 0 Å². The van der Waals surface area contributed by atoms with Gasteiger partial charge >= 0.3 is 0 Å². The van der Waals surface area contributed by atoms with Gasteiger partial charge in [-0.25, -0.2) is 0 Å². The van der Waals surface area contributed by atoms with E-state index in [2.05, 4.69) is 47.4 Å². The van der Waals surface area contributed by atoms with Gasteiger partial charge in [-0.15, -0.1) is 0 Å². The highest BCUT2D eigenvalue weighted by atomic mass is 79.9. The highest BCUT2D eigenvalue weighted by Crippen LogP contribution is 2.33. The molecule has 0 aliphatic heterocycles. The van der Waals surface area contributed by atoms with Gasteiger partial charge in [0.05, 0.1) is 38.2 Å². The van der Waals surface area contributed by atoms with Gasteiger partial charge in [0.25, 0.3) is 0 Å². The number of hydrogen-bond acceptors (Lipinski definition) is 6. The van der Waals surface area contributed by atoms with Crippen LogP contribution in [0.2, 0.25) is 0 Å². The van der Waals surface area contributed by atoms with Crippen LogP contribution in [0.1, 0.15) is 26.3 Å². The fourth-order valence-corrected chi connectivity index (χ4v) is 3.63. The molecule has 0 unspecified atom stereocenters. The third kappa shape index (κ3) is 3.25. The van der Waals surface area contributed by atoms with Crippen molar-refractivity contribution in [2.45, 2.75) is 6.42 Å². The van der Waals surface area contributed by atoms with Crippen LogP contribution in [0.25, 0.3) is 0 Å². The molecular weight excluding hydrogens is 442 g/mol. The van der Waals surface area contributed by atoms with Crippen LogP contribution in [-0.4, -0.2) is 33.4 Å². The molecule has 1 aromatic carbocycles. The number of Topliss-reactive ketones (excluding diaryl/α,β-unsaturated/α-hetero) is 1. The number of aromatic nitrogens is 2. The van der Waals surface area contributed by atoms with E-state index in [1.165, 1.54) is 18.5 Å². The van der Waals surface area contributed by atoms with Crippen LogP contribution in [-0.2, 0) is 6.42 Å². The second kappa shape index (κ2) is 6.82. The lowest BCUT2D eigenvalue weighted by atomic mass is 9.95. The minimum atomic E-state index is -0.271. The molecule has 0 bridgehead atoms. The van der Waals surface area contributed by atoms with E-state index in [0.29, 0.717) is 21.9 Å². The van der Waals surface area contributed by atoms with E-state index in [9.17, 15) is 14.7 Å².